The average Bonchev–Trinajstić information content (AvgIpc) is 3.60. The van der Waals surface area contributed by atoms with Crippen LogP contribution in [-0.4, -0.2) is 89.2 Å². The highest BCUT2D eigenvalue weighted by Gasteiger charge is 2.52. The van der Waals surface area contributed by atoms with Crippen molar-refractivity contribution in [3.05, 3.63) is 111 Å². The van der Waals surface area contributed by atoms with Gasteiger partial charge < -0.3 is 28.7 Å². The summed E-state index contributed by atoms with van der Waals surface area (Å²) >= 11 is 0. The quantitative estimate of drug-likeness (QED) is 0.112. The van der Waals surface area contributed by atoms with E-state index >= 15 is 0 Å². The Labute approximate surface area is 337 Å². The Morgan fingerprint density at radius 2 is 1.66 bits per heavy atom. The third-order valence-electron chi connectivity index (χ3n) is 11.4. The fourth-order valence-electron chi connectivity index (χ4n) is 8.54. The zero-order valence-electron chi connectivity index (χ0n) is 33.4. The van der Waals surface area contributed by atoms with Crippen molar-refractivity contribution in [2.45, 2.75) is 51.0 Å². The Morgan fingerprint density at radius 1 is 0.948 bits per heavy atom. The normalized spacial score (nSPS) is 17.3. The Balaban J connectivity index is 0.973. The van der Waals surface area contributed by atoms with Crippen LogP contribution in [0.1, 0.15) is 39.2 Å². The first kappa shape index (κ1) is 39.2. The summed E-state index contributed by atoms with van der Waals surface area (Å²) in [6.07, 6.45) is 4.62. The number of nitrogens with zero attached hydrogens (tertiary/aromatic N) is 6. The van der Waals surface area contributed by atoms with Gasteiger partial charge in [0.2, 0.25) is 0 Å². The van der Waals surface area contributed by atoms with Crippen molar-refractivity contribution in [1.82, 2.24) is 18.3 Å². The molecule has 0 radical (unpaired) electrons. The van der Waals surface area contributed by atoms with Gasteiger partial charge in [0.15, 0.2) is 0 Å². The van der Waals surface area contributed by atoms with Gasteiger partial charge in [-0.05, 0) is 82.9 Å². The number of nitro benzene ring substituents is 1. The molecule has 0 saturated carbocycles. The van der Waals surface area contributed by atoms with E-state index in [1.54, 1.807) is 18.3 Å². The summed E-state index contributed by atoms with van der Waals surface area (Å²) in [5.74, 6) is 1.40. The van der Waals surface area contributed by atoms with Crippen molar-refractivity contribution >= 4 is 38.4 Å². The van der Waals surface area contributed by atoms with Gasteiger partial charge in [-0.3, -0.25) is 14.9 Å². The maximum absolute atomic E-state index is 13.8. The minimum Gasteiger partial charge on any atom is -0.457 e. The molecule has 3 fully saturated rings. The number of aryl methyl sites for hydroxylation is 2. The number of ether oxygens (including phenoxy) is 2. The Bertz CT molecular complexity index is 2570. The van der Waals surface area contributed by atoms with Gasteiger partial charge in [-0.15, -0.1) is 0 Å². The first-order valence-electron chi connectivity index (χ1n) is 19.5. The second-order valence-electron chi connectivity index (χ2n) is 17.1. The molecule has 0 atom stereocenters. The summed E-state index contributed by atoms with van der Waals surface area (Å²) in [4.78, 5) is 44.2. The van der Waals surface area contributed by atoms with E-state index in [1.165, 1.54) is 54.2 Å². The summed E-state index contributed by atoms with van der Waals surface area (Å²) < 4.78 is 41.9. The molecule has 3 aliphatic rings. The highest BCUT2D eigenvalue weighted by molar-refractivity contribution is 7.90. The van der Waals surface area contributed by atoms with Gasteiger partial charge in [0.1, 0.15) is 22.6 Å². The van der Waals surface area contributed by atoms with Gasteiger partial charge in [-0.25, -0.2) is 17.2 Å². The summed E-state index contributed by atoms with van der Waals surface area (Å²) in [7, 11) is -2.64. The van der Waals surface area contributed by atoms with Crippen LogP contribution < -0.4 is 15.2 Å². The van der Waals surface area contributed by atoms with Crippen LogP contribution in [0.25, 0.3) is 22.0 Å². The molecule has 0 aliphatic carbocycles. The molecule has 0 bridgehead atoms. The number of piperidine rings is 1. The van der Waals surface area contributed by atoms with E-state index in [1.807, 2.05) is 56.9 Å². The minimum absolute atomic E-state index is 0.0269. The molecule has 8 rings (SSSR count). The van der Waals surface area contributed by atoms with Crippen LogP contribution >= 0.6 is 0 Å². The molecular formula is C43H48N6O8S. The number of non-ortho nitro benzene ring substituents is 1. The number of carbonyl (C=O) groups is 1. The van der Waals surface area contributed by atoms with Crippen LogP contribution in [-0.2, 0) is 21.8 Å². The Kier molecular flexibility index (Phi) is 9.87. The molecule has 1 amide bonds. The van der Waals surface area contributed by atoms with Crippen LogP contribution in [0.15, 0.2) is 94.9 Å². The number of pyridine rings is 1. The van der Waals surface area contributed by atoms with E-state index in [2.05, 4.69) is 9.80 Å². The summed E-state index contributed by atoms with van der Waals surface area (Å²) in [6, 6.07) is 19.9. The number of anilines is 1. The van der Waals surface area contributed by atoms with Gasteiger partial charge in [0, 0.05) is 111 Å². The summed E-state index contributed by atoms with van der Waals surface area (Å²) in [6.45, 7) is 14.0. The smallest absolute Gasteiger partial charge is 0.410 e. The summed E-state index contributed by atoms with van der Waals surface area (Å²) in [5, 5.41) is 12.3. The lowest BCUT2D eigenvalue weighted by Crippen LogP contribution is -2.72. The van der Waals surface area contributed by atoms with Gasteiger partial charge in [0.25, 0.3) is 21.3 Å². The van der Waals surface area contributed by atoms with Crippen LogP contribution in [0.4, 0.5) is 16.2 Å². The molecule has 1 spiro atoms. The maximum atomic E-state index is 13.8. The van der Waals surface area contributed by atoms with Gasteiger partial charge in [0.05, 0.1) is 9.82 Å². The highest BCUT2D eigenvalue weighted by Crippen LogP contribution is 2.44. The van der Waals surface area contributed by atoms with Crippen molar-refractivity contribution in [3.8, 4) is 22.6 Å². The Morgan fingerprint density at radius 3 is 2.33 bits per heavy atom. The number of fused-ring (bicyclic) bond motifs is 1. The predicted octanol–water partition coefficient (Wildman–Crippen LogP) is 7.02. The third kappa shape index (κ3) is 7.55. The molecule has 14 nitrogen and oxygen atoms in total. The molecule has 5 aromatic rings. The van der Waals surface area contributed by atoms with E-state index in [0.717, 1.165) is 73.9 Å². The molecule has 5 heterocycles. The molecule has 304 valence electrons. The lowest BCUT2D eigenvalue weighted by atomic mass is 9.72. The fourth-order valence-corrected chi connectivity index (χ4v) is 9.88. The van der Waals surface area contributed by atoms with Crippen molar-refractivity contribution in [3.63, 3.8) is 0 Å². The van der Waals surface area contributed by atoms with Crippen LogP contribution in [0.5, 0.6) is 11.5 Å². The van der Waals surface area contributed by atoms with Crippen molar-refractivity contribution in [2.75, 3.05) is 50.7 Å². The molecule has 3 aliphatic heterocycles. The zero-order valence-corrected chi connectivity index (χ0v) is 34.2. The molecule has 0 unspecified atom stereocenters. The largest absolute Gasteiger partial charge is 0.457 e. The third-order valence-corrected chi connectivity index (χ3v) is 13.1. The first-order chi connectivity index (χ1) is 27.5. The Hall–Kier alpha value is -5.67. The maximum Gasteiger partial charge on any atom is 0.410 e. The van der Waals surface area contributed by atoms with Crippen molar-refractivity contribution in [2.24, 2.45) is 18.4 Å². The second kappa shape index (κ2) is 14.6. The van der Waals surface area contributed by atoms with E-state index < -0.39 is 26.1 Å². The number of carbonyl (C=O) groups excluding carboxylic acids is 1. The van der Waals surface area contributed by atoms with E-state index in [4.69, 9.17) is 9.47 Å². The SMILES string of the molecule is Cc1ccc(S(=O)(=O)n2ccc3c(-c4cc([N+](=O)[O-])ccc4Oc4cccc(N5CC6(CN(CC7CCN(C(=O)OC(C)(C)C)CC7)C6)C5)c4)cn(C)c(=O)c32)cc1. The molecule has 0 N–H and O–H groups in total. The minimum atomic E-state index is -4.15. The first-order valence-corrected chi connectivity index (χ1v) is 21.0. The number of hydrogen-bond acceptors (Lipinski definition) is 10. The lowest BCUT2D eigenvalue weighted by Gasteiger charge is -2.61. The highest BCUT2D eigenvalue weighted by atomic mass is 32.2. The van der Waals surface area contributed by atoms with Gasteiger partial charge >= 0.3 is 6.09 Å². The number of nitro groups is 1. The predicted molar refractivity (Wildman–Crippen MR) is 221 cm³/mol. The van der Waals surface area contributed by atoms with Gasteiger partial charge in [-0.2, -0.15) is 0 Å². The van der Waals surface area contributed by atoms with Crippen LogP contribution in [0.2, 0.25) is 0 Å². The van der Waals surface area contributed by atoms with E-state index in [0.29, 0.717) is 33.9 Å². The monoisotopic (exact) mass is 808 g/mol. The number of amides is 1. The number of aromatic nitrogens is 2. The number of hydrogen-bond donors (Lipinski definition) is 0. The fraction of sp³-hybridized carbons (Fsp3) is 0.395. The van der Waals surface area contributed by atoms with Gasteiger partial charge in [-0.1, -0.05) is 23.8 Å². The zero-order chi connectivity index (χ0) is 41.1. The molecular weight excluding hydrogens is 761 g/mol. The second-order valence-corrected chi connectivity index (χ2v) is 18.9. The molecule has 2 aromatic heterocycles. The summed E-state index contributed by atoms with van der Waals surface area (Å²) in [5.41, 5.74) is 1.58. The molecule has 15 heteroatoms. The molecule has 3 saturated heterocycles. The lowest BCUT2D eigenvalue weighted by molar-refractivity contribution is -0.384. The van der Waals surface area contributed by atoms with E-state index in [9.17, 15) is 28.1 Å². The molecule has 58 heavy (non-hydrogen) atoms. The topological polar surface area (TPSA) is 149 Å². The number of rotatable bonds is 9. The number of likely N-dealkylation sites (tertiary alicyclic amines) is 2. The average molecular weight is 809 g/mol. The van der Waals surface area contributed by atoms with Crippen molar-refractivity contribution < 1.29 is 27.6 Å². The standard InChI is InChI=1S/C43H48N6O8S/c1-29-9-12-34(13-10-29)58(54,55)48-20-17-35-37(24-44(5)40(50)39(35)48)36-22-32(49(52)53)11-14-38(36)56-33-8-6-7-31(21-33)47-27-43(28-47)25-45(26-43)23-30-15-18-46(19-16-30)41(51)57-42(2,3)4/h6-14,17,20-22,24,30H,15-16,18-19,23,25-28H2,1-5H3. The molecule has 3 aromatic carbocycles. The van der Waals surface area contributed by atoms with Crippen LogP contribution in [0, 0.1) is 28.4 Å². The number of benzene rings is 3. The van der Waals surface area contributed by atoms with Crippen LogP contribution in [0.3, 0.4) is 0 Å². The van der Waals surface area contributed by atoms with Crippen molar-refractivity contribution in [1.29, 1.82) is 0 Å². The van der Waals surface area contributed by atoms with E-state index in [-0.39, 0.29) is 27.6 Å².